The lowest BCUT2D eigenvalue weighted by Gasteiger charge is -2.14. The van der Waals surface area contributed by atoms with E-state index in [4.69, 9.17) is 4.74 Å². The largest absolute Gasteiger partial charge is 0.481 e. The molecule has 1 atom stereocenters. The number of aromatic nitrogens is 6. The third-order valence-electron chi connectivity index (χ3n) is 4.19. The first-order chi connectivity index (χ1) is 12.8. The number of hydrogen-bond acceptors (Lipinski definition) is 6. The Hall–Kier alpha value is -3.73. The Balaban J connectivity index is 1.72. The third-order valence-corrected chi connectivity index (χ3v) is 4.19. The number of nitrogens with zero attached hydrogens (tertiary/aromatic N) is 6. The molecule has 4 rings (SSSR count). The Kier molecular flexibility index (Phi) is 4.03. The van der Waals surface area contributed by atoms with Gasteiger partial charge in [0.1, 0.15) is 12.0 Å². The zero-order valence-corrected chi connectivity index (χ0v) is 14.0. The highest BCUT2D eigenvalue weighted by Gasteiger charge is 2.17. The highest BCUT2D eigenvalue weighted by atomic mass is 16.5. The summed E-state index contributed by atoms with van der Waals surface area (Å²) in [5.41, 5.74) is 3.32. The van der Waals surface area contributed by atoms with Crippen molar-refractivity contribution >= 4 is 11.0 Å². The molecule has 0 saturated carbocycles. The molecule has 0 radical (unpaired) electrons. The maximum Gasteiger partial charge on any atom is 0.212 e. The van der Waals surface area contributed by atoms with E-state index < -0.39 is 0 Å². The number of pyridine rings is 1. The monoisotopic (exact) mass is 345 g/mol. The van der Waals surface area contributed by atoms with E-state index in [1.165, 1.54) is 6.33 Å². The Bertz CT molecular complexity index is 1070. The molecule has 1 N–H and O–H groups in total. The molecule has 4 heterocycles. The van der Waals surface area contributed by atoms with Crippen molar-refractivity contribution in [2.45, 2.75) is 12.5 Å². The van der Waals surface area contributed by atoms with Crippen LogP contribution in [0.25, 0.3) is 22.3 Å². The van der Waals surface area contributed by atoms with Crippen molar-refractivity contribution in [2.75, 3.05) is 7.11 Å². The fourth-order valence-electron chi connectivity index (χ4n) is 2.89. The lowest BCUT2D eigenvalue weighted by molar-refractivity contribution is 0.397. The topological polar surface area (TPSA) is 105 Å². The fourth-order valence-corrected chi connectivity index (χ4v) is 2.89. The predicted octanol–water partition coefficient (Wildman–Crippen LogP) is 2.73. The molecular weight excluding hydrogens is 330 g/mol. The molecule has 8 nitrogen and oxygen atoms in total. The lowest BCUT2D eigenvalue weighted by Crippen LogP contribution is -2.11. The van der Waals surface area contributed by atoms with E-state index in [1.807, 2.05) is 24.5 Å². The second-order valence-corrected chi connectivity index (χ2v) is 5.68. The third kappa shape index (κ3) is 2.75. The molecule has 128 valence electrons. The first-order valence-corrected chi connectivity index (χ1v) is 7.99. The van der Waals surface area contributed by atoms with Crippen molar-refractivity contribution in [3.63, 3.8) is 0 Å². The van der Waals surface area contributed by atoms with Gasteiger partial charge >= 0.3 is 0 Å². The quantitative estimate of drug-likeness (QED) is 0.596. The molecule has 8 heteroatoms. The van der Waals surface area contributed by atoms with Crippen LogP contribution in [0.15, 0.2) is 49.3 Å². The van der Waals surface area contributed by atoms with Crippen LogP contribution < -0.4 is 4.74 Å². The summed E-state index contributed by atoms with van der Waals surface area (Å²) in [7, 11) is 1.57. The van der Waals surface area contributed by atoms with Crippen LogP contribution in [0.1, 0.15) is 18.0 Å². The molecule has 0 amide bonds. The van der Waals surface area contributed by atoms with Gasteiger partial charge in [0.05, 0.1) is 37.5 Å². The number of rotatable bonds is 5. The lowest BCUT2D eigenvalue weighted by atomic mass is 10.1. The van der Waals surface area contributed by atoms with Gasteiger partial charge in [-0.05, 0) is 17.7 Å². The van der Waals surface area contributed by atoms with Crippen LogP contribution in [0, 0.1) is 11.3 Å². The average molecular weight is 345 g/mol. The number of nitriles is 1. The van der Waals surface area contributed by atoms with Crippen LogP contribution in [-0.2, 0) is 0 Å². The summed E-state index contributed by atoms with van der Waals surface area (Å²) in [5.74, 6) is 0.529. The van der Waals surface area contributed by atoms with Gasteiger partial charge in [0.15, 0.2) is 0 Å². The Morgan fingerprint density at radius 3 is 2.92 bits per heavy atom. The van der Waals surface area contributed by atoms with Gasteiger partial charge in [-0.3, -0.25) is 4.68 Å². The minimum atomic E-state index is -0.240. The van der Waals surface area contributed by atoms with Crippen molar-refractivity contribution in [1.82, 2.24) is 29.7 Å². The molecule has 0 aliphatic heterocycles. The minimum Gasteiger partial charge on any atom is -0.481 e. The van der Waals surface area contributed by atoms with Crippen molar-refractivity contribution in [1.29, 1.82) is 5.26 Å². The summed E-state index contributed by atoms with van der Waals surface area (Å²) >= 11 is 0. The number of H-pyrrole nitrogens is 1. The Morgan fingerprint density at radius 2 is 2.15 bits per heavy atom. The zero-order valence-electron chi connectivity index (χ0n) is 14.0. The molecule has 1 unspecified atom stereocenters. The maximum absolute atomic E-state index is 9.24. The molecular formula is C18H15N7O. The summed E-state index contributed by atoms with van der Waals surface area (Å²) in [6.07, 6.45) is 8.97. The molecule has 26 heavy (non-hydrogen) atoms. The second kappa shape index (κ2) is 6.64. The van der Waals surface area contributed by atoms with Gasteiger partial charge in [-0.1, -0.05) is 0 Å². The fraction of sp³-hybridized carbons (Fsp3) is 0.167. The van der Waals surface area contributed by atoms with Crippen molar-refractivity contribution in [2.24, 2.45) is 0 Å². The van der Waals surface area contributed by atoms with Crippen molar-refractivity contribution in [3.05, 3.63) is 54.9 Å². The van der Waals surface area contributed by atoms with Gasteiger partial charge in [-0.15, -0.1) is 0 Å². The maximum atomic E-state index is 9.24. The summed E-state index contributed by atoms with van der Waals surface area (Å²) < 4.78 is 6.86. The highest BCUT2D eigenvalue weighted by molar-refractivity contribution is 5.89. The number of aromatic amines is 1. The number of nitrogens with one attached hydrogen (secondary N) is 1. The van der Waals surface area contributed by atoms with E-state index in [2.05, 4.69) is 31.1 Å². The minimum absolute atomic E-state index is 0.240. The standard InChI is InChI=1S/C18H15N7O/c1-26-16-3-2-12(8-21-16)15(4-6-19)25-10-13(9-24-25)17-14-5-7-20-18(14)23-11-22-17/h2-3,5,7-11,15H,4H2,1H3,(H,20,22,23). The summed E-state index contributed by atoms with van der Waals surface area (Å²) in [6.45, 7) is 0. The summed E-state index contributed by atoms with van der Waals surface area (Å²) in [6, 6.07) is 7.58. The number of hydrogen-bond donors (Lipinski definition) is 1. The summed E-state index contributed by atoms with van der Waals surface area (Å²) in [5, 5.41) is 14.6. The van der Waals surface area contributed by atoms with Crippen LogP contribution in [0.3, 0.4) is 0 Å². The van der Waals surface area contributed by atoms with E-state index in [-0.39, 0.29) is 12.5 Å². The first kappa shape index (κ1) is 15.8. The zero-order chi connectivity index (χ0) is 17.9. The molecule has 0 aliphatic rings. The summed E-state index contributed by atoms with van der Waals surface area (Å²) in [4.78, 5) is 15.9. The number of fused-ring (bicyclic) bond motifs is 1. The first-order valence-electron chi connectivity index (χ1n) is 7.99. The molecule has 0 spiro atoms. The van der Waals surface area contributed by atoms with E-state index in [0.29, 0.717) is 5.88 Å². The van der Waals surface area contributed by atoms with Crippen molar-refractivity contribution < 1.29 is 4.74 Å². The Morgan fingerprint density at radius 1 is 1.23 bits per heavy atom. The normalized spacial score (nSPS) is 12.0. The van der Waals surface area contributed by atoms with E-state index in [1.54, 1.807) is 30.3 Å². The molecule has 4 aromatic heterocycles. The molecule has 4 aromatic rings. The molecule has 0 saturated heterocycles. The number of ether oxygens (including phenoxy) is 1. The van der Waals surface area contributed by atoms with Gasteiger partial charge < -0.3 is 9.72 Å². The molecule has 0 fully saturated rings. The van der Waals surface area contributed by atoms with Crippen LogP contribution in [0.5, 0.6) is 5.88 Å². The Labute approximate surface area is 149 Å². The van der Waals surface area contributed by atoms with Crippen LogP contribution in [0.4, 0.5) is 0 Å². The van der Waals surface area contributed by atoms with E-state index in [9.17, 15) is 5.26 Å². The van der Waals surface area contributed by atoms with Crippen molar-refractivity contribution in [3.8, 4) is 23.2 Å². The second-order valence-electron chi connectivity index (χ2n) is 5.68. The van der Waals surface area contributed by atoms with Crippen LogP contribution in [0.2, 0.25) is 0 Å². The molecule has 0 aromatic carbocycles. The van der Waals surface area contributed by atoms with Gasteiger partial charge in [0, 0.05) is 35.6 Å². The van der Waals surface area contributed by atoms with Gasteiger partial charge in [0.2, 0.25) is 5.88 Å². The van der Waals surface area contributed by atoms with E-state index in [0.717, 1.165) is 27.9 Å². The average Bonchev–Trinajstić information content (AvgIpc) is 3.35. The number of methoxy groups -OCH3 is 1. The smallest absolute Gasteiger partial charge is 0.212 e. The highest BCUT2D eigenvalue weighted by Crippen LogP contribution is 2.27. The van der Waals surface area contributed by atoms with Gasteiger partial charge in [-0.2, -0.15) is 10.4 Å². The molecule has 0 aliphatic carbocycles. The predicted molar refractivity (Wildman–Crippen MR) is 94.3 cm³/mol. The van der Waals surface area contributed by atoms with Crippen LogP contribution in [-0.4, -0.2) is 36.8 Å². The van der Waals surface area contributed by atoms with Gasteiger partial charge in [0.25, 0.3) is 0 Å². The van der Waals surface area contributed by atoms with E-state index >= 15 is 0 Å². The SMILES string of the molecule is COc1ccc(C(CC#N)n2cc(-c3ncnc4[nH]ccc34)cn2)cn1. The molecule has 0 bridgehead atoms. The van der Waals surface area contributed by atoms with Gasteiger partial charge in [-0.25, -0.2) is 15.0 Å². The van der Waals surface area contributed by atoms with Crippen LogP contribution >= 0.6 is 0 Å².